The van der Waals surface area contributed by atoms with E-state index >= 15 is 0 Å². The van der Waals surface area contributed by atoms with E-state index in [0.29, 0.717) is 17.8 Å². The van der Waals surface area contributed by atoms with Gasteiger partial charge in [-0.3, -0.25) is 4.79 Å². The fourth-order valence-electron chi connectivity index (χ4n) is 3.21. The van der Waals surface area contributed by atoms with Gasteiger partial charge in [0.05, 0.1) is 0 Å². The molecule has 0 aliphatic heterocycles. The van der Waals surface area contributed by atoms with E-state index in [1.807, 2.05) is 0 Å². The number of nitrogens with one attached hydrogen (secondary N) is 2. The SMILES string of the molecule is CC1CCC(C(C)C)C(NS(=O)(=O)c2c[nH]ccc2=O)C1. The summed E-state index contributed by atoms with van der Waals surface area (Å²) in [6.07, 6.45) is 5.67. The summed E-state index contributed by atoms with van der Waals surface area (Å²) in [4.78, 5) is 14.2. The van der Waals surface area contributed by atoms with Gasteiger partial charge in [-0.15, -0.1) is 0 Å². The minimum Gasteiger partial charge on any atom is -0.366 e. The van der Waals surface area contributed by atoms with Crippen LogP contribution in [0.15, 0.2) is 28.2 Å². The molecule has 0 amide bonds. The van der Waals surface area contributed by atoms with Crippen molar-refractivity contribution in [1.29, 1.82) is 0 Å². The van der Waals surface area contributed by atoms with Gasteiger partial charge in [-0.1, -0.05) is 27.2 Å². The van der Waals surface area contributed by atoms with Gasteiger partial charge in [0.25, 0.3) is 0 Å². The van der Waals surface area contributed by atoms with Crippen molar-refractivity contribution in [1.82, 2.24) is 9.71 Å². The first-order valence-corrected chi connectivity index (χ1v) is 8.99. The summed E-state index contributed by atoms with van der Waals surface area (Å²) < 4.78 is 27.7. The molecule has 21 heavy (non-hydrogen) atoms. The Kier molecular flexibility index (Phi) is 4.88. The van der Waals surface area contributed by atoms with Gasteiger partial charge in [-0.05, 0) is 30.6 Å². The van der Waals surface area contributed by atoms with Gasteiger partial charge in [0.2, 0.25) is 15.5 Å². The van der Waals surface area contributed by atoms with Crippen molar-refractivity contribution < 1.29 is 8.42 Å². The number of rotatable bonds is 4. The van der Waals surface area contributed by atoms with E-state index in [4.69, 9.17) is 0 Å². The molecule has 1 fully saturated rings. The molecule has 118 valence electrons. The van der Waals surface area contributed by atoms with Crippen LogP contribution in [-0.4, -0.2) is 19.4 Å². The Morgan fingerprint density at radius 1 is 1.33 bits per heavy atom. The molecule has 1 aromatic heterocycles. The van der Waals surface area contributed by atoms with E-state index < -0.39 is 15.5 Å². The average molecular weight is 312 g/mol. The summed E-state index contributed by atoms with van der Waals surface area (Å²) in [7, 11) is -3.77. The highest BCUT2D eigenvalue weighted by molar-refractivity contribution is 7.89. The number of H-pyrrole nitrogens is 1. The molecule has 2 N–H and O–H groups in total. The highest BCUT2D eigenvalue weighted by Gasteiger charge is 2.34. The molecule has 1 heterocycles. The maximum Gasteiger partial charge on any atom is 0.246 e. The van der Waals surface area contributed by atoms with Gasteiger partial charge in [-0.2, -0.15) is 0 Å². The number of hydrogen-bond acceptors (Lipinski definition) is 3. The molecule has 1 aliphatic rings. The number of sulfonamides is 1. The normalized spacial score (nSPS) is 27.0. The first-order chi connectivity index (χ1) is 9.81. The topological polar surface area (TPSA) is 79.0 Å². The van der Waals surface area contributed by atoms with E-state index in [1.54, 1.807) is 0 Å². The van der Waals surface area contributed by atoms with Crippen LogP contribution in [0.2, 0.25) is 0 Å². The fourth-order valence-corrected chi connectivity index (χ4v) is 4.56. The van der Waals surface area contributed by atoms with Crippen LogP contribution < -0.4 is 10.2 Å². The van der Waals surface area contributed by atoms with E-state index in [0.717, 1.165) is 19.3 Å². The lowest BCUT2D eigenvalue weighted by molar-refractivity contribution is 0.188. The van der Waals surface area contributed by atoms with Crippen LogP contribution in [0.4, 0.5) is 0 Å². The molecule has 0 bridgehead atoms. The Balaban J connectivity index is 2.26. The van der Waals surface area contributed by atoms with Crippen LogP contribution in [0.3, 0.4) is 0 Å². The molecule has 0 aromatic carbocycles. The molecule has 0 radical (unpaired) electrons. The van der Waals surface area contributed by atoms with E-state index in [2.05, 4.69) is 30.5 Å². The summed E-state index contributed by atoms with van der Waals surface area (Å²) in [6, 6.07) is 1.14. The molecule has 3 atom stereocenters. The van der Waals surface area contributed by atoms with Gasteiger partial charge >= 0.3 is 0 Å². The summed E-state index contributed by atoms with van der Waals surface area (Å²) in [5, 5.41) is 0. The Labute approximate surface area is 126 Å². The second kappa shape index (κ2) is 6.32. The number of pyridine rings is 1. The lowest BCUT2D eigenvalue weighted by Gasteiger charge is -2.37. The number of aromatic nitrogens is 1. The molecular weight excluding hydrogens is 288 g/mol. The molecule has 1 aliphatic carbocycles. The van der Waals surface area contributed by atoms with Crippen molar-refractivity contribution in [3.63, 3.8) is 0 Å². The van der Waals surface area contributed by atoms with Crippen LogP contribution in [0, 0.1) is 17.8 Å². The second-order valence-corrected chi connectivity index (χ2v) is 8.11. The van der Waals surface area contributed by atoms with Crippen molar-refractivity contribution in [3.05, 3.63) is 28.7 Å². The number of hydrogen-bond donors (Lipinski definition) is 2. The third-order valence-corrected chi connectivity index (χ3v) is 5.92. The number of aromatic amines is 1. The summed E-state index contributed by atoms with van der Waals surface area (Å²) in [5.74, 6) is 1.24. The van der Waals surface area contributed by atoms with Gasteiger partial charge in [-0.25, -0.2) is 13.1 Å². The summed E-state index contributed by atoms with van der Waals surface area (Å²) in [5.41, 5.74) is -0.480. The van der Waals surface area contributed by atoms with E-state index in [9.17, 15) is 13.2 Å². The van der Waals surface area contributed by atoms with Gasteiger partial charge in [0, 0.05) is 24.5 Å². The van der Waals surface area contributed by atoms with Crippen molar-refractivity contribution in [2.75, 3.05) is 0 Å². The Hall–Kier alpha value is -1.14. The van der Waals surface area contributed by atoms with Crippen molar-refractivity contribution in [3.8, 4) is 0 Å². The zero-order chi connectivity index (χ0) is 15.6. The van der Waals surface area contributed by atoms with Crippen molar-refractivity contribution >= 4 is 10.0 Å². The molecule has 0 saturated heterocycles. The van der Waals surface area contributed by atoms with Crippen LogP contribution in [0.1, 0.15) is 40.0 Å². The van der Waals surface area contributed by atoms with Crippen LogP contribution >= 0.6 is 0 Å². The minimum absolute atomic E-state index is 0.0987. The third kappa shape index (κ3) is 3.74. The van der Waals surface area contributed by atoms with E-state index in [1.165, 1.54) is 18.5 Å². The molecule has 3 unspecified atom stereocenters. The maximum atomic E-state index is 12.5. The maximum absolute atomic E-state index is 12.5. The smallest absolute Gasteiger partial charge is 0.246 e. The highest BCUT2D eigenvalue weighted by atomic mass is 32.2. The van der Waals surface area contributed by atoms with Crippen LogP contribution in [-0.2, 0) is 10.0 Å². The molecule has 1 saturated carbocycles. The van der Waals surface area contributed by atoms with Gasteiger partial charge < -0.3 is 4.98 Å². The van der Waals surface area contributed by atoms with Crippen molar-refractivity contribution in [2.24, 2.45) is 17.8 Å². The second-order valence-electron chi connectivity index (χ2n) is 6.43. The lowest BCUT2D eigenvalue weighted by atomic mass is 9.74. The summed E-state index contributed by atoms with van der Waals surface area (Å²) in [6.45, 7) is 6.39. The zero-order valence-electron chi connectivity index (χ0n) is 12.8. The minimum atomic E-state index is -3.77. The fraction of sp³-hybridized carbons (Fsp3) is 0.667. The lowest BCUT2D eigenvalue weighted by Crippen LogP contribution is -2.46. The van der Waals surface area contributed by atoms with Crippen molar-refractivity contribution in [2.45, 2.75) is 51.0 Å². The van der Waals surface area contributed by atoms with Crippen LogP contribution in [0.5, 0.6) is 0 Å². The standard InChI is InChI=1S/C15H24N2O3S/c1-10(2)12-5-4-11(3)8-13(12)17-21(19,20)15-9-16-7-6-14(15)18/h6-7,9-13,17H,4-5,8H2,1-3H3,(H,16,18). The monoisotopic (exact) mass is 312 g/mol. The third-order valence-electron chi connectivity index (χ3n) is 4.41. The van der Waals surface area contributed by atoms with Gasteiger partial charge in [0.15, 0.2) is 0 Å². The van der Waals surface area contributed by atoms with Gasteiger partial charge in [0.1, 0.15) is 4.90 Å². The summed E-state index contributed by atoms with van der Waals surface area (Å²) >= 11 is 0. The molecule has 0 spiro atoms. The largest absolute Gasteiger partial charge is 0.366 e. The molecule has 6 heteroatoms. The Bertz CT molecular complexity index is 636. The molecule has 1 aromatic rings. The zero-order valence-corrected chi connectivity index (χ0v) is 13.6. The average Bonchev–Trinajstić information content (AvgIpc) is 2.38. The predicted molar refractivity (Wildman–Crippen MR) is 82.5 cm³/mol. The first kappa shape index (κ1) is 16.2. The molecule has 2 rings (SSSR count). The highest BCUT2D eigenvalue weighted by Crippen LogP contribution is 2.34. The van der Waals surface area contributed by atoms with E-state index in [-0.39, 0.29) is 10.9 Å². The quantitative estimate of drug-likeness (QED) is 0.893. The van der Waals surface area contributed by atoms with Crippen LogP contribution in [0.25, 0.3) is 0 Å². The predicted octanol–water partition coefficient (Wildman–Crippen LogP) is 2.11. The Morgan fingerprint density at radius 3 is 2.67 bits per heavy atom. The first-order valence-electron chi connectivity index (χ1n) is 7.50. The Morgan fingerprint density at radius 2 is 2.05 bits per heavy atom. The molecular formula is C15H24N2O3S. The molecule has 5 nitrogen and oxygen atoms in total.